The molecular formula is C21H16BrF2NO4. The average Bonchev–Trinajstić information content (AvgIpc) is 2.67. The highest BCUT2D eigenvalue weighted by atomic mass is 79.9. The number of aromatic nitrogens is 1. The molecule has 0 aliphatic heterocycles. The first-order valence-corrected chi connectivity index (χ1v) is 9.40. The van der Waals surface area contributed by atoms with E-state index in [2.05, 4.69) is 25.7 Å². The molecule has 1 aromatic heterocycles. The molecule has 3 rings (SSSR count). The monoisotopic (exact) mass is 463 g/mol. The predicted octanol–water partition coefficient (Wildman–Crippen LogP) is 5.87. The lowest BCUT2D eigenvalue weighted by Gasteiger charge is -2.11. The normalized spacial score (nSPS) is 11.3. The number of nitrogens with zero attached hydrogens (tertiary/aromatic N) is 1. The molecule has 0 aliphatic carbocycles. The number of aromatic carboxylic acids is 1. The molecule has 0 fully saturated rings. The Labute approximate surface area is 173 Å². The summed E-state index contributed by atoms with van der Waals surface area (Å²) in [5.41, 5.74) is 1.78. The second-order valence-electron chi connectivity index (χ2n) is 5.91. The number of carboxylic acids is 1. The molecule has 0 saturated carbocycles. The number of hydrogen-bond donors (Lipinski definition) is 1. The van der Waals surface area contributed by atoms with Crippen molar-refractivity contribution in [1.82, 2.24) is 4.98 Å². The maximum atomic E-state index is 12.5. The van der Waals surface area contributed by atoms with E-state index in [4.69, 9.17) is 4.74 Å². The van der Waals surface area contributed by atoms with E-state index in [1.807, 2.05) is 0 Å². The van der Waals surface area contributed by atoms with Gasteiger partial charge in [0.15, 0.2) is 11.5 Å². The Kier molecular flexibility index (Phi) is 6.43. The van der Waals surface area contributed by atoms with E-state index in [0.717, 1.165) is 4.47 Å². The van der Waals surface area contributed by atoms with Gasteiger partial charge in [-0.25, -0.2) is 9.78 Å². The molecule has 0 spiro atoms. The number of hydrogen-bond acceptors (Lipinski definition) is 4. The minimum Gasteiger partial charge on any atom is -0.490 e. The summed E-state index contributed by atoms with van der Waals surface area (Å²) in [4.78, 5) is 16.1. The Bertz CT molecular complexity index is 1090. The Balaban J connectivity index is 1.97. The van der Waals surface area contributed by atoms with E-state index >= 15 is 0 Å². The second kappa shape index (κ2) is 9.00. The van der Waals surface area contributed by atoms with Crippen LogP contribution in [0.25, 0.3) is 23.1 Å². The summed E-state index contributed by atoms with van der Waals surface area (Å²) >= 11 is 3.33. The van der Waals surface area contributed by atoms with Crippen LogP contribution >= 0.6 is 15.9 Å². The fourth-order valence-corrected chi connectivity index (χ4v) is 3.11. The average molecular weight is 464 g/mol. The van der Waals surface area contributed by atoms with Crippen LogP contribution in [0.3, 0.4) is 0 Å². The van der Waals surface area contributed by atoms with Crippen molar-refractivity contribution in [3.8, 4) is 11.5 Å². The van der Waals surface area contributed by atoms with Crippen molar-refractivity contribution in [1.29, 1.82) is 0 Å². The molecule has 2 aromatic carbocycles. The zero-order chi connectivity index (χ0) is 21.0. The number of fused-ring (bicyclic) bond motifs is 1. The van der Waals surface area contributed by atoms with E-state index in [-0.39, 0.29) is 23.7 Å². The van der Waals surface area contributed by atoms with E-state index in [1.54, 1.807) is 49.4 Å². The first-order chi connectivity index (χ1) is 13.9. The first kappa shape index (κ1) is 20.7. The van der Waals surface area contributed by atoms with Gasteiger partial charge in [-0.15, -0.1) is 0 Å². The van der Waals surface area contributed by atoms with Gasteiger partial charge in [-0.2, -0.15) is 8.78 Å². The first-order valence-electron chi connectivity index (χ1n) is 8.60. The molecule has 1 N–H and O–H groups in total. The van der Waals surface area contributed by atoms with E-state index in [9.17, 15) is 18.7 Å². The summed E-state index contributed by atoms with van der Waals surface area (Å²) in [6.45, 7) is -0.928. The molecule has 0 aliphatic rings. The fourth-order valence-electron chi connectivity index (χ4n) is 2.75. The third kappa shape index (κ3) is 5.08. The minimum atomic E-state index is -2.95. The standard InChI is InChI=1S/C21H16BrF2NO4/c1-2-28-19-9-12(4-8-18(19)29-21(23)24)3-6-14-11-16(20(26)27)15-10-13(22)5-7-17(15)25-14/h3-11,21H,2H2,1H3,(H,26,27). The molecule has 29 heavy (non-hydrogen) atoms. The number of halogens is 3. The van der Waals surface area contributed by atoms with Crippen LogP contribution in [0.2, 0.25) is 0 Å². The van der Waals surface area contributed by atoms with Crippen molar-refractivity contribution in [3.05, 3.63) is 63.8 Å². The molecule has 8 heteroatoms. The quantitative estimate of drug-likeness (QED) is 0.474. The Morgan fingerprint density at radius 3 is 2.66 bits per heavy atom. The molecule has 0 bridgehead atoms. The van der Waals surface area contributed by atoms with Crippen LogP contribution in [0.1, 0.15) is 28.5 Å². The van der Waals surface area contributed by atoms with Crippen molar-refractivity contribution in [3.63, 3.8) is 0 Å². The molecule has 0 unspecified atom stereocenters. The molecule has 0 amide bonds. The van der Waals surface area contributed by atoms with Gasteiger partial charge in [-0.3, -0.25) is 0 Å². The van der Waals surface area contributed by atoms with Gasteiger partial charge in [0, 0.05) is 9.86 Å². The predicted molar refractivity (Wildman–Crippen MR) is 110 cm³/mol. The molecular weight excluding hydrogens is 448 g/mol. The number of ether oxygens (including phenoxy) is 2. The van der Waals surface area contributed by atoms with Gasteiger partial charge in [-0.1, -0.05) is 28.1 Å². The second-order valence-corrected chi connectivity index (χ2v) is 6.83. The van der Waals surface area contributed by atoms with Gasteiger partial charge in [0.05, 0.1) is 23.4 Å². The topological polar surface area (TPSA) is 68.7 Å². The SMILES string of the molecule is CCOc1cc(C=Cc2cc(C(=O)O)c3cc(Br)ccc3n2)ccc1OC(F)F. The van der Waals surface area contributed by atoms with Crippen LogP contribution in [0.5, 0.6) is 11.5 Å². The Morgan fingerprint density at radius 2 is 1.97 bits per heavy atom. The highest BCUT2D eigenvalue weighted by Crippen LogP contribution is 2.31. The summed E-state index contributed by atoms with van der Waals surface area (Å²) in [5, 5.41) is 10.0. The fraction of sp³-hybridized carbons (Fsp3) is 0.143. The number of pyridine rings is 1. The Hall–Kier alpha value is -3.00. The highest BCUT2D eigenvalue weighted by Gasteiger charge is 2.13. The molecule has 0 atom stereocenters. The van der Waals surface area contributed by atoms with Gasteiger partial charge < -0.3 is 14.6 Å². The molecule has 0 radical (unpaired) electrons. The van der Waals surface area contributed by atoms with Crippen LogP contribution in [-0.2, 0) is 0 Å². The number of carbonyl (C=O) groups is 1. The van der Waals surface area contributed by atoms with E-state index in [1.165, 1.54) is 12.1 Å². The van der Waals surface area contributed by atoms with Gasteiger partial charge in [0.2, 0.25) is 0 Å². The van der Waals surface area contributed by atoms with Crippen molar-refractivity contribution >= 4 is 45.0 Å². The van der Waals surface area contributed by atoms with Crippen molar-refractivity contribution in [2.75, 3.05) is 6.61 Å². The van der Waals surface area contributed by atoms with Gasteiger partial charge in [0.25, 0.3) is 0 Å². The van der Waals surface area contributed by atoms with Gasteiger partial charge >= 0.3 is 12.6 Å². The largest absolute Gasteiger partial charge is 0.490 e. The Morgan fingerprint density at radius 1 is 1.17 bits per heavy atom. The zero-order valence-corrected chi connectivity index (χ0v) is 16.8. The molecule has 150 valence electrons. The minimum absolute atomic E-state index is 0.0541. The third-order valence-corrected chi connectivity index (χ3v) is 4.44. The third-order valence-electron chi connectivity index (χ3n) is 3.95. The van der Waals surface area contributed by atoms with Crippen molar-refractivity contribution in [2.24, 2.45) is 0 Å². The van der Waals surface area contributed by atoms with Crippen LogP contribution in [0, 0.1) is 0 Å². The van der Waals surface area contributed by atoms with Crippen LogP contribution in [-0.4, -0.2) is 29.3 Å². The van der Waals surface area contributed by atoms with E-state index in [0.29, 0.717) is 22.2 Å². The van der Waals surface area contributed by atoms with Crippen molar-refractivity contribution in [2.45, 2.75) is 13.5 Å². The van der Waals surface area contributed by atoms with Crippen molar-refractivity contribution < 1.29 is 28.2 Å². The summed E-state index contributed by atoms with van der Waals surface area (Å²) < 4.78 is 35.6. The lowest BCUT2D eigenvalue weighted by molar-refractivity contribution is -0.0514. The molecule has 0 saturated heterocycles. The summed E-state index contributed by atoms with van der Waals surface area (Å²) in [6, 6.07) is 11.2. The molecule has 5 nitrogen and oxygen atoms in total. The number of rotatable bonds is 7. The number of carboxylic acid groups (broad SMARTS) is 1. The molecule has 1 heterocycles. The van der Waals surface area contributed by atoms with Gasteiger partial charge in [0.1, 0.15) is 0 Å². The van der Waals surface area contributed by atoms with Crippen LogP contribution in [0.15, 0.2) is 46.9 Å². The maximum absolute atomic E-state index is 12.5. The maximum Gasteiger partial charge on any atom is 0.387 e. The smallest absolute Gasteiger partial charge is 0.387 e. The molecule has 3 aromatic rings. The van der Waals surface area contributed by atoms with Crippen LogP contribution < -0.4 is 9.47 Å². The number of benzene rings is 2. The summed E-state index contributed by atoms with van der Waals surface area (Å²) in [5.74, 6) is -0.920. The lowest BCUT2D eigenvalue weighted by atomic mass is 10.1. The van der Waals surface area contributed by atoms with E-state index < -0.39 is 12.6 Å². The van der Waals surface area contributed by atoms with Gasteiger partial charge in [-0.05, 0) is 55.0 Å². The van der Waals surface area contributed by atoms with Crippen LogP contribution in [0.4, 0.5) is 8.78 Å². The summed E-state index contributed by atoms with van der Waals surface area (Å²) in [6.07, 6.45) is 3.33. The highest BCUT2D eigenvalue weighted by molar-refractivity contribution is 9.10. The lowest BCUT2D eigenvalue weighted by Crippen LogP contribution is -2.04. The number of alkyl halides is 2. The summed E-state index contributed by atoms with van der Waals surface area (Å²) in [7, 11) is 0. The zero-order valence-electron chi connectivity index (χ0n) is 15.2.